The number of hydrogen-bond donors (Lipinski definition) is 0. The minimum Gasteiger partial charge on any atom is -0.493 e. The monoisotopic (exact) mass is 433 g/mol. The number of halogens is 1. The molecule has 10 heteroatoms. The maximum absolute atomic E-state index is 12.6. The van der Waals surface area contributed by atoms with Crippen LogP contribution in [0.15, 0.2) is 47.6 Å². The Bertz CT molecular complexity index is 980. The molecule has 0 radical (unpaired) electrons. The van der Waals surface area contributed by atoms with Crippen molar-refractivity contribution in [3.05, 3.63) is 53.1 Å². The molecule has 0 aliphatic carbocycles. The molecule has 3 aromatic rings. The fourth-order valence-corrected chi connectivity index (χ4v) is 3.55. The number of hydrogen-bond acceptors (Lipinski definition) is 7. The molecule has 0 N–H and O–H groups in total. The second kappa shape index (κ2) is 9.62. The number of nitrogens with zero attached hydrogens (tertiary/aromatic N) is 5. The number of thioether (sulfide) groups is 1. The van der Waals surface area contributed by atoms with E-state index >= 15 is 0 Å². The van der Waals surface area contributed by atoms with Crippen LogP contribution >= 0.6 is 23.4 Å². The third-order valence-corrected chi connectivity index (χ3v) is 5.29. The highest BCUT2D eigenvalue weighted by Crippen LogP contribution is 2.28. The van der Waals surface area contributed by atoms with Crippen LogP contribution < -0.4 is 9.47 Å². The van der Waals surface area contributed by atoms with Gasteiger partial charge in [-0.15, -0.1) is 5.10 Å². The van der Waals surface area contributed by atoms with Gasteiger partial charge in [0.2, 0.25) is 11.1 Å². The smallest absolute Gasteiger partial charge is 0.233 e. The van der Waals surface area contributed by atoms with Crippen LogP contribution in [0.2, 0.25) is 5.02 Å². The van der Waals surface area contributed by atoms with Crippen LogP contribution in [0.3, 0.4) is 0 Å². The van der Waals surface area contributed by atoms with Gasteiger partial charge in [-0.2, -0.15) is 4.68 Å². The van der Waals surface area contributed by atoms with Crippen molar-refractivity contribution in [2.45, 2.75) is 11.7 Å². The van der Waals surface area contributed by atoms with Crippen LogP contribution in [-0.4, -0.2) is 58.0 Å². The van der Waals surface area contributed by atoms with Crippen molar-refractivity contribution in [3.63, 3.8) is 0 Å². The lowest BCUT2D eigenvalue weighted by atomic mass is 10.2. The maximum Gasteiger partial charge on any atom is 0.233 e. The Kier molecular flexibility index (Phi) is 6.95. The van der Waals surface area contributed by atoms with E-state index in [1.165, 1.54) is 11.8 Å². The number of benzene rings is 2. The first kappa shape index (κ1) is 20.9. The molecule has 0 spiro atoms. The average Bonchev–Trinajstić information content (AvgIpc) is 3.21. The summed E-state index contributed by atoms with van der Waals surface area (Å²) in [5.74, 6) is 1.44. The molecule has 0 saturated heterocycles. The van der Waals surface area contributed by atoms with Gasteiger partial charge in [0, 0.05) is 18.6 Å². The molecule has 1 aromatic heterocycles. The summed E-state index contributed by atoms with van der Waals surface area (Å²) in [6.07, 6.45) is 0. The number of carbonyl (C=O) groups excluding carboxylic acids is 1. The molecule has 0 atom stereocenters. The Hall–Kier alpha value is -2.78. The van der Waals surface area contributed by atoms with E-state index < -0.39 is 0 Å². The predicted octanol–water partition coefficient (Wildman–Crippen LogP) is 3.08. The van der Waals surface area contributed by atoms with Crippen molar-refractivity contribution in [3.8, 4) is 17.2 Å². The molecular weight excluding hydrogens is 414 g/mol. The van der Waals surface area contributed by atoms with Crippen molar-refractivity contribution < 1.29 is 14.3 Å². The summed E-state index contributed by atoms with van der Waals surface area (Å²) in [5, 5.41) is 12.8. The molecule has 0 aliphatic rings. The number of carbonyl (C=O) groups is 1. The highest BCUT2D eigenvalue weighted by molar-refractivity contribution is 7.99. The molecule has 0 aliphatic heterocycles. The molecule has 29 heavy (non-hydrogen) atoms. The zero-order valence-electron chi connectivity index (χ0n) is 16.2. The standard InChI is InChI=1S/C19H20ClN5O3S/c1-24(11-13-4-9-16(27-2)17(10-13)28-3)18(26)12-29-19-21-22-23-25(19)15-7-5-14(20)6-8-15/h4-10H,11-12H2,1-3H3. The maximum atomic E-state index is 12.6. The van der Waals surface area contributed by atoms with E-state index in [1.54, 1.807) is 43.0 Å². The Morgan fingerprint density at radius 1 is 1.14 bits per heavy atom. The highest BCUT2D eigenvalue weighted by atomic mass is 35.5. The lowest BCUT2D eigenvalue weighted by Crippen LogP contribution is -2.28. The Morgan fingerprint density at radius 2 is 1.86 bits per heavy atom. The molecule has 152 valence electrons. The van der Waals surface area contributed by atoms with Crippen LogP contribution in [-0.2, 0) is 11.3 Å². The quantitative estimate of drug-likeness (QED) is 0.505. The van der Waals surface area contributed by atoms with Gasteiger partial charge in [-0.25, -0.2) is 0 Å². The normalized spacial score (nSPS) is 10.6. The first-order valence-electron chi connectivity index (χ1n) is 8.64. The number of methoxy groups -OCH3 is 2. The van der Waals surface area contributed by atoms with Gasteiger partial charge >= 0.3 is 0 Å². The first-order chi connectivity index (χ1) is 14.0. The Labute approximate surface area is 177 Å². The van der Waals surface area contributed by atoms with Gasteiger partial charge in [0.25, 0.3) is 0 Å². The summed E-state index contributed by atoms with van der Waals surface area (Å²) in [7, 11) is 4.92. The summed E-state index contributed by atoms with van der Waals surface area (Å²) in [4.78, 5) is 14.2. The number of amides is 1. The third-order valence-electron chi connectivity index (χ3n) is 4.13. The van der Waals surface area contributed by atoms with Crippen LogP contribution in [0.5, 0.6) is 11.5 Å². The van der Waals surface area contributed by atoms with E-state index in [0.29, 0.717) is 28.2 Å². The molecule has 3 rings (SSSR count). The summed E-state index contributed by atoms with van der Waals surface area (Å²) in [6.45, 7) is 0.446. The SMILES string of the molecule is COc1ccc(CN(C)C(=O)CSc2nnnn2-c2ccc(Cl)cc2)cc1OC. The first-order valence-corrected chi connectivity index (χ1v) is 10.00. The number of rotatable bonds is 8. The minimum atomic E-state index is -0.0459. The Morgan fingerprint density at radius 3 is 2.55 bits per heavy atom. The second-order valence-electron chi connectivity index (χ2n) is 6.08. The van der Waals surface area contributed by atoms with E-state index in [-0.39, 0.29) is 11.7 Å². The number of tetrazole rings is 1. The van der Waals surface area contributed by atoms with Gasteiger partial charge in [0.1, 0.15) is 0 Å². The second-order valence-corrected chi connectivity index (χ2v) is 7.46. The summed E-state index contributed by atoms with van der Waals surface area (Å²) in [6, 6.07) is 12.7. The molecule has 0 bridgehead atoms. The number of ether oxygens (including phenoxy) is 2. The lowest BCUT2D eigenvalue weighted by molar-refractivity contribution is -0.127. The molecule has 0 saturated carbocycles. The van der Waals surface area contributed by atoms with E-state index in [4.69, 9.17) is 21.1 Å². The van der Waals surface area contributed by atoms with E-state index in [2.05, 4.69) is 15.5 Å². The number of aromatic nitrogens is 4. The van der Waals surface area contributed by atoms with E-state index in [1.807, 2.05) is 30.3 Å². The van der Waals surface area contributed by atoms with Gasteiger partial charge in [0.05, 0.1) is 25.7 Å². The van der Waals surface area contributed by atoms with Gasteiger partial charge in [-0.1, -0.05) is 29.4 Å². The zero-order chi connectivity index (χ0) is 20.8. The average molecular weight is 434 g/mol. The van der Waals surface area contributed by atoms with Crippen molar-refractivity contribution in [1.29, 1.82) is 0 Å². The van der Waals surface area contributed by atoms with Crippen molar-refractivity contribution in [2.24, 2.45) is 0 Å². The molecular formula is C19H20ClN5O3S. The molecule has 0 unspecified atom stereocenters. The topological polar surface area (TPSA) is 82.4 Å². The minimum absolute atomic E-state index is 0.0459. The predicted molar refractivity (Wildman–Crippen MR) is 111 cm³/mol. The molecule has 0 fully saturated rings. The molecule has 1 heterocycles. The van der Waals surface area contributed by atoms with Crippen molar-refractivity contribution >= 4 is 29.3 Å². The summed E-state index contributed by atoms with van der Waals surface area (Å²) in [5.41, 5.74) is 1.71. The van der Waals surface area contributed by atoms with Gasteiger partial charge in [0.15, 0.2) is 11.5 Å². The zero-order valence-corrected chi connectivity index (χ0v) is 17.8. The molecule has 1 amide bonds. The van der Waals surface area contributed by atoms with Crippen LogP contribution in [0, 0.1) is 0 Å². The third kappa shape index (κ3) is 5.18. The van der Waals surface area contributed by atoms with Gasteiger partial charge in [-0.05, 0) is 52.4 Å². The fraction of sp³-hybridized carbons (Fsp3) is 0.263. The van der Waals surface area contributed by atoms with Gasteiger partial charge in [-0.3, -0.25) is 4.79 Å². The van der Waals surface area contributed by atoms with Crippen LogP contribution in [0.25, 0.3) is 5.69 Å². The molecule has 8 nitrogen and oxygen atoms in total. The van der Waals surface area contributed by atoms with E-state index in [0.717, 1.165) is 11.3 Å². The Balaban J connectivity index is 1.61. The van der Waals surface area contributed by atoms with Crippen molar-refractivity contribution in [1.82, 2.24) is 25.1 Å². The van der Waals surface area contributed by atoms with Crippen molar-refractivity contribution in [2.75, 3.05) is 27.0 Å². The highest BCUT2D eigenvalue weighted by Gasteiger charge is 2.15. The summed E-state index contributed by atoms with van der Waals surface area (Å²) >= 11 is 7.19. The summed E-state index contributed by atoms with van der Waals surface area (Å²) < 4.78 is 12.1. The fourth-order valence-electron chi connectivity index (χ4n) is 2.59. The van der Waals surface area contributed by atoms with Gasteiger partial charge < -0.3 is 14.4 Å². The van der Waals surface area contributed by atoms with Crippen LogP contribution in [0.1, 0.15) is 5.56 Å². The lowest BCUT2D eigenvalue weighted by Gasteiger charge is -2.18. The largest absolute Gasteiger partial charge is 0.493 e. The van der Waals surface area contributed by atoms with E-state index in [9.17, 15) is 4.79 Å². The van der Waals surface area contributed by atoms with Crippen LogP contribution in [0.4, 0.5) is 0 Å². The molecule has 2 aromatic carbocycles.